The van der Waals surface area contributed by atoms with Gasteiger partial charge in [-0.3, -0.25) is 9.69 Å². The van der Waals surface area contributed by atoms with Crippen LogP contribution in [0.25, 0.3) is 0 Å². The predicted molar refractivity (Wildman–Crippen MR) is 51.5 cm³/mol. The zero-order valence-corrected chi connectivity index (χ0v) is 8.71. The number of Topliss-reactive ketones (excluding diaryl/α,β-unsaturated/α-hetero) is 1. The summed E-state index contributed by atoms with van der Waals surface area (Å²) < 4.78 is 4.83. The summed E-state index contributed by atoms with van der Waals surface area (Å²) in [6, 6.07) is 0. The van der Waals surface area contributed by atoms with E-state index in [-0.39, 0.29) is 0 Å². The molecule has 0 atom stereocenters. The Morgan fingerprint density at radius 2 is 2.00 bits per heavy atom. The number of hydrogen-bond acceptors (Lipinski definition) is 4. The topological polar surface area (TPSA) is 46.6 Å². The van der Waals surface area contributed by atoms with Crippen molar-refractivity contribution in [2.24, 2.45) is 0 Å². The van der Waals surface area contributed by atoms with E-state index in [4.69, 9.17) is 4.74 Å². The molecule has 1 fully saturated rings. The molecule has 0 spiro atoms. The highest BCUT2D eigenvalue weighted by Gasteiger charge is 2.25. The summed E-state index contributed by atoms with van der Waals surface area (Å²) in [5.41, 5.74) is -0.512. The molecule has 4 nitrogen and oxygen atoms in total. The lowest BCUT2D eigenvalue weighted by Gasteiger charge is -2.32. The summed E-state index contributed by atoms with van der Waals surface area (Å²) in [4.78, 5) is 23.2. The summed E-state index contributed by atoms with van der Waals surface area (Å²) in [6.07, 6.45) is 1.22. The fourth-order valence-electron chi connectivity index (χ4n) is 1.64. The Labute approximate surface area is 84.2 Å². The quantitative estimate of drug-likeness (QED) is 0.660. The van der Waals surface area contributed by atoms with Crippen LogP contribution in [0.1, 0.15) is 26.7 Å². The normalized spacial score (nSPS) is 19.4. The molecule has 0 aromatic rings. The van der Waals surface area contributed by atoms with E-state index in [0.717, 1.165) is 13.1 Å². The van der Waals surface area contributed by atoms with Gasteiger partial charge in [0.25, 0.3) is 0 Å². The van der Waals surface area contributed by atoms with Crippen LogP contribution in [0.3, 0.4) is 0 Å². The smallest absolute Gasteiger partial charge is 0.418 e. The van der Waals surface area contributed by atoms with Crippen LogP contribution in [0.4, 0.5) is 0 Å². The maximum atomic E-state index is 11.0. The first kappa shape index (κ1) is 11.2. The summed E-state index contributed by atoms with van der Waals surface area (Å²) >= 11 is 0. The molecule has 0 aromatic heterocycles. The first-order chi connectivity index (χ1) is 6.53. The van der Waals surface area contributed by atoms with Crippen LogP contribution in [0.5, 0.6) is 0 Å². The van der Waals surface area contributed by atoms with Gasteiger partial charge in [0, 0.05) is 32.5 Å². The van der Waals surface area contributed by atoms with E-state index in [2.05, 4.69) is 4.90 Å². The molecule has 0 amide bonds. The molecule has 0 aliphatic carbocycles. The van der Waals surface area contributed by atoms with E-state index in [1.807, 2.05) is 13.8 Å². The van der Waals surface area contributed by atoms with Crippen LogP contribution < -0.4 is 0 Å². The van der Waals surface area contributed by atoms with E-state index in [9.17, 15) is 9.59 Å². The molecule has 1 aliphatic heterocycles. The van der Waals surface area contributed by atoms with Gasteiger partial charge >= 0.3 is 6.47 Å². The van der Waals surface area contributed by atoms with Crippen LogP contribution in [-0.2, 0) is 14.3 Å². The number of likely N-dealkylation sites (tertiary alicyclic amines) is 1. The molecule has 0 saturated carbocycles. The zero-order chi connectivity index (χ0) is 10.6. The van der Waals surface area contributed by atoms with E-state index in [1.54, 1.807) is 0 Å². The minimum Gasteiger partial charge on any atom is -0.450 e. The molecule has 0 N–H and O–H groups in total. The predicted octanol–water partition coefficient (Wildman–Crippen LogP) is 0.514. The van der Waals surface area contributed by atoms with Gasteiger partial charge in [-0.2, -0.15) is 0 Å². The molecule has 1 rings (SSSR count). The minimum atomic E-state index is -0.512. The molecule has 1 aliphatic rings. The highest BCUT2D eigenvalue weighted by Crippen LogP contribution is 2.13. The van der Waals surface area contributed by atoms with Gasteiger partial charge in [0.2, 0.25) is 0 Å². The van der Waals surface area contributed by atoms with Crippen molar-refractivity contribution >= 4 is 12.3 Å². The van der Waals surface area contributed by atoms with Gasteiger partial charge in [0.1, 0.15) is 11.4 Å². The van der Waals surface area contributed by atoms with Crippen molar-refractivity contribution in [1.82, 2.24) is 4.90 Å². The number of hydrogen-bond donors (Lipinski definition) is 0. The third kappa shape index (κ3) is 3.46. The minimum absolute atomic E-state index is 0.321. The second-order valence-electron chi connectivity index (χ2n) is 4.26. The highest BCUT2D eigenvalue weighted by atomic mass is 16.5. The largest absolute Gasteiger partial charge is 0.450 e. The van der Waals surface area contributed by atoms with E-state index < -0.39 is 5.60 Å². The van der Waals surface area contributed by atoms with Crippen molar-refractivity contribution in [2.75, 3.05) is 19.6 Å². The molecule has 0 bridgehead atoms. The molecule has 0 aromatic carbocycles. The fourth-order valence-corrected chi connectivity index (χ4v) is 1.64. The lowest BCUT2D eigenvalue weighted by atomic mass is 10.1. The molecule has 1 radical (unpaired) electrons. The Kier molecular flexibility index (Phi) is 3.63. The van der Waals surface area contributed by atoms with Crippen LogP contribution in [0.2, 0.25) is 0 Å². The molecule has 0 unspecified atom stereocenters. The van der Waals surface area contributed by atoms with E-state index >= 15 is 0 Å². The number of rotatable bonds is 4. The Balaban J connectivity index is 2.36. The average Bonchev–Trinajstić information content (AvgIpc) is 2.08. The molecule has 79 valence electrons. The van der Waals surface area contributed by atoms with Gasteiger partial charge < -0.3 is 4.74 Å². The number of ketones is 1. The van der Waals surface area contributed by atoms with Crippen molar-refractivity contribution in [1.29, 1.82) is 0 Å². The second kappa shape index (κ2) is 4.55. The van der Waals surface area contributed by atoms with Gasteiger partial charge in [-0.25, -0.2) is 4.79 Å². The summed E-state index contributed by atoms with van der Waals surface area (Å²) in [5.74, 6) is 0.321. The van der Waals surface area contributed by atoms with Gasteiger partial charge in [-0.1, -0.05) is 0 Å². The number of ether oxygens (including phenoxy) is 1. The Hall–Kier alpha value is -0.900. The van der Waals surface area contributed by atoms with E-state index in [0.29, 0.717) is 25.2 Å². The van der Waals surface area contributed by atoms with E-state index in [1.165, 1.54) is 6.47 Å². The van der Waals surface area contributed by atoms with Crippen LogP contribution in [0, 0.1) is 0 Å². The molecular weight excluding hydrogens is 182 g/mol. The third-order valence-electron chi connectivity index (χ3n) is 2.34. The van der Waals surface area contributed by atoms with Crippen LogP contribution in [0.15, 0.2) is 0 Å². The number of piperidine rings is 1. The van der Waals surface area contributed by atoms with Gasteiger partial charge in [-0.15, -0.1) is 0 Å². The summed E-state index contributed by atoms with van der Waals surface area (Å²) in [7, 11) is 0. The van der Waals surface area contributed by atoms with Gasteiger partial charge in [0.15, 0.2) is 0 Å². The molecule has 4 heteroatoms. The van der Waals surface area contributed by atoms with Gasteiger partial charge in [-0.05, 0) is 13.8 Å². The standard InChI is InChI=1S/C10H16NO3/c1-10(2,14-8-12)7-11-5-3-9(13)4-6-11/h3-7H2,1-2H3. The third-order valence-corrected chi connectivity index (χ3v) is 2.34. The summed E-state index contributed by atoms with van der Waals surface area (Å²) in [6.45, 7) is 7.34. The number of carbonyl (C=O) groups excluding carboxylic acids is 2. The average molecular weight is 198 g/mol. The SMILES string of the molecule is CC(C)(CN1CCC(=O)CC1)O[C]=O. The second-order valence-corrected chi connectivity index (χ2v) is 4.26. The maximum absolute atomic E-state index is 11.0. The van der Waals surface area contributed by atoms with Crippen molar-refractivity contribution in [2.45, 2.75) is 32.3 Å². The lowest BCUT2D eigenvalue weighted by Crippen LogP contribution is -2.44. The summed E-state index contributed by atoms with van der Waals surface area (Å²) in [5, 5.41) is 0. The highest BCUT2D eigenvalue weighted by molar-refractivity contribution is 5.79. The van der Waals surface area contributed by atoms with Crippen molar-refractivity contribution in [3.8, 4) is 0 Å². The molecule has 1 heterocycles. The Bertz CT molecular complexity index is 215. The molecule has 14 heavy (non-hydrogen) atoms. The first-order valence-corrected chi connectivity index (χ1v) is 4.83. The lowest BCUT2D eigenvalue weighted by molar-refractivity contribution is -0.122. The van der Waals surface area contributed by atoms with Crippen LogP contribution >= 0.6 is 0 Å². The maximum Gasteiger partial charge on any atom is 0.418 e. The number of carbonyl (C=O) groups is 1. The zero-order valence-electron chi connectivity index (χ0n) is 8.71. The fraction of sp³-hybridized carbons (Fsp3) is 0.800. The van der Waals surface area contributed by atoms with Crippen LogP contribution in [-0.4, -0.2) is 42.4 Å². The number of nitrogens with zero attached hydrogens (tertiary/aromatic N) is 1. The Morgan fingerprint density at radius 1 is 1.43 bits per heavy atom. The Morgan fingerprint density at radius 3 is 2.50 bits per heavy atom. The molecule has 1 saturated heterocycles. The van der Waals surface area contributed by atoms with Crippen molar-refractivity contribution < 1.29 is 14.3 Å². The van der Waals surface area contributed by atoms with Crippen molar-refractivity contribution in [3.05, 3.63) is 0 Å². The van der Waals surface area contributed by atoms with Gasteiger partial charge in [0.05, 0.1) is 0 Å². The van der Waals surface area contributed by atoms with Crippen molar-refractivity contribution in [3.63, 3.8) is 0 Å². The monoisotopic (exact) mass is 198 g/mol. The first-order valence-electron chi connectivity index (χ1n) is 4.83. The molecular formula is C10H16NO3.